The number of hydrogen-bond donors (Lipinski definition) is 1. The number of nitrogens with zero attached hydrogens (tertiary/aromatic N) is 3. The third kappa shape index (κ3) is 5.02. The predicted molar refractivity (Wildman–Crippen MR) is 114 cm³/mol. The van der Waals surface area contributed by atoms with E-state index in [2.05, 4.69) is 48.1 Å². The molecule has 0 saturated heterocycles. The number of aromatic amines is 1. The third-order valence-corrected chi connectivity index (χ3v) is 5.45. The molecular weight excluding hydrogens is 412 g/mol. The van der Waals surface area contributed by atoms with Crippen LogP contribution in [0.4, 0.5) is 5.69 Å². The van der Waals surface area contributed by atoms with Crippen LogP contribution in [0.1, 0.15) is 36.7 Å². The summed E-state index contributed by atoms with van der Waals surface area (Å²) in [6, 6.07) is 12.1. The van der Waals surface area contributed by atoms with Gasteiger partial charge in [-0.3, -0.25) is 20.0 Å². The smallest absolute Gasteiger partial charge is 0.288 e. The van der Waals surface area contributed by atoms with Crippen LogP contribution in [0.25, 0.3) is 11.4 Å². The van der Waals surface area contributed by atoms with Gasteiger partial charge in [0.25, 0.3) is 5.69 Å². The fourth-order valence-corrected chi connectivity index (χ4v) is 3.49. The van der Waals surface area contributed by atoms with Crippen molar-refractivity contribution in [2.24, 2.45) is 0 Å². The average molecular weight is 431 g/mol. The number of ketones is 1. The molecule has 0 radical (unpaired) electrons. The van der Waals surface area contributed by atoms with Crippen molar-refractivity contribution in [1.82, 2.24) is 15.2 Å². The molecule has 0 saturated carbocycles. The highest BCUT2D eigenvalue weighted by Crippen LogP contribution is 2.27. The number of hydrogen-bond acceptors (Lipinski definition) is 6. The minimum absolute atomic E-state index is 0.00436. The normalized spacial score (nSPS) is 11.4. The number of carbonyl (C=O) groups is 1. The molecule has 3 aromatic rings. The Morgan fingerprint density at radius 1 is 1.21 bits per heavy atom. The lowest BCUT2D eigenvalue weighted by atomic mass is 9.87. The first-order valence-electron chi connectivity index (χ1n) is 8.78. The fraction of sp³-hybridized carbons (Fsp3) is 0.250. The lowest BCUT2D eigenvalue weighted by Gasteiger charge is -2.18. The van der Waals surface area contributed by atoms with Crippen LogP contribution in [0.2, 0.25) is 5.02 Å². The quantitative estimate of drug-likeness (QED) is 0.246. The highest BCUT2D eigenvalue weighted by atomic mass is 35.5. The lowest BCUT2D eigenvalue weighted by Crippen LogP contribution is -2.10. The van der Waals surface area contributed by atoms with Crippen molar-refractivity contribution in [2.45, 2.75) is 31.3 Å². The number of Topliss-reactive ketones (excluding diaryl/α,β-unsaturated/α-hetero) is 1. The van der Waals surface area contributed by atoms with Crippen LogP contribution in [0.3, 0.4) is 0 Å². The van der Waals surface area contributed by atoms with Crippen LogP contribution in [0, 0.1) is 10.1 Å². The van der Waals surface area contributed by atoms with Crippen LogP contribution < -0.4 is 0 Å². The maximum atomic E-state index is 12.4. The van der Waals surface area contributed by atoms with Gasteiger partial charge in [-0.2, -0.15) is 0 Å². The topological polar surface area (TPSA) is 102 Å². The van der Waals surface area contributed by atoms with Crippen molar-refractivity contribution in [3.8, 4) is 11.4 Å². The van der Waals surface area contributed by atoms with Gasteiger partial charge in [0.15, 0.2) is 11.6 Å². The van der Waals surface area contributed by atoms with E-state index in [0.29, 0.717) is 11.0 Å². The molecule has 29 heavy (non-hydrogen) atoms. The minimum Gasteiger partial charge on any atom is -0.293 e. The third-order valence-electron chi connectivity index (χ3n) is 4.29. The second kappa shape index (κ2) is 8.34. The van der Waals surface area contributed by atoms with E-state index in [1.165, 1.54) is 23.8 Å². The molecule has 0 aliphatic carbocycles. The van der Waals surface area contributed by atoms with Gasteiger partial charge in [0, 0.05) is 17.2 Å². The summed E-state index contributed by atoms with van der Waals surface area (Å²) < 4.78 is 0. The number of nitrogens with one attached hydrogen (secondary N) is 1. The number of nitro benzene ring substituents is 1. The van der Waals surface area contributed by atoms with E-state index in [4.69, 9.17) is 11.6 Å². The maximum absolute atomic E-state index is 12.4. The summed E-state index contributed by atoms with van der Waals surface area (Å²) in [5, 5.41) is 18.4. The molecule has 0 fully saturated rings. The molecule has 3 rings (SSSR count). The zero-order valence-corrected chi connectivity index (χ0v) is 17.7. The average Bonchev–Trinajstić information content (AvgIpc) is 3.14. The van der Waals surface area contributed by atoms with Crippen molar-refractivity contribution in [2.75, 3.05) is 5.75 Å². The van der Waals surface area contributed by atoms with Gasteiger partial charge in [-0.15, -0.1) is 5.10 Å². The van der Waals surface area contributed by atoms with Crippen molar-refractivity contribution < 1.29 is 9.72 Å². The zero-order chi connectivity index (χ0) is 21.2. The fourth-order valence-electron chi connectivity index (χ4n) is 2.61. The summed E-state index contributed by atoms with van der Waals surface area (Å²) in [6.45, 7) is 6.45. The van der Waals surface area contributed by atoms with Crippen molar-refractivity contribution in [3.63, 3.8) is 0 Å². The molecular formula is C20H19ClN4O3S. The molecule has 1 aromatic heterocycles. The number of benzene rings is 2. The molecule has 1 N–H and O–H groups in total. The van der Waals surface area contributed by atoms with E-state index in [1.807, 2.05) is 12.1 Å². The second-order valence-electron chi connectivity index (χ2n) is 7.43. The minimum atomic E-state index is -0.612. The molecule has 0 amide bonds. The van der Waals surface area contributed by atoms with Crippen LogP contribution in [-0.4, -0.2) is 31.6 Å². The first-order valence-corrected chi connectivity index (χ1v) is 10.1. The summed E-state index contributed by atoms with van der Waals surface area (Å²) in [6.07, 6.45) is 0. The first-order chi connectivity index (χ1) is 13.6. The molecule has 1 heterocycles. The maximum Gasteiger partial charge on any atom is 0.288 e. The van der Waals surface area contributed by atoms with Gasteiger partial charge < -0.3 is 0 Å². The number of thioether (sulfide) groups is 1. The Bertz CT molecular complexity index is 1060. The first kappa shape index (κ1) is 21.0. The molecule has 2 aromatic carbocycles. The van der Waals surface area contributed by atoms with E-state index in [0.717, 1.165) is 17.3 Å². The molecule has 7 nitrogen and oxygen atoms in total. The Morgan fingerprint density at radius 2 is 1.90 bits per heavy atom. The van der Waals surface area contributed by atoms with Gasteiger partial charge in [0.2, 0.25) is 5.16 Å². The standard InChI is InChI=1S/C20H19ClN4O3S/c1-20(2,3)14-7-4-12(5-8-14)18-22-19(24-23-18)29-11-17(26)13-6-9-15(21)16(10-13)25(27)28/h4-10H,11H2,1-3H3,(H,22,23,24). The monoisotopic (exact) mass is 430 g/mol. The highest BCUT2D eigenvalue weighted by Gasteiger charge is 2.18. The summed E-state index contributed by atoms with van der Waals surface area (Å²) >= 11 is 6.94. The van der Waals surface area contributed by atoms with E-state index in [-0.39, 0.29) is 33.2 Å². The van der Waals surface area contributed by atoms with Crippen LogP contribution in [-0.2, 0) is 5.41 Å². The Kier molecular flexibility index (Phi) is 6.04. The molecule has 150 valence electrons. The van der Waals surface area contributed by atoms with Crippen molar-refractivity contribution in [3.05, 3.63) is 68.7 Å². The molecule has 0 spiro atoms. The Labute approximate surface area is 177 Å². The number of H-pyrrole nitrogens is 1. The molecule has 0 aliphatic rings. The number of nitro groups is 1. The molecule has 0 aliphatic heterocycles. The summed E-state index contributed by atoms with van der Waals surface area (Å²) in [4.78, 5) is 27.1. The van der Waals surface area contributed by atoms with Gasteiger partial charge >= 0.3 is 0 Å². The summed E-state index contributed by atoms with van der Waals surface area (Å²) in [7, 11) is 0. The van der Waals surface area contributed by atoms with Gasteiger partial charge in [-0.1, -0.05) is 68.4 Å². The lowest BCUT2D eigenvalue weighted by molar-refractivity contribution is -0.384. The van der Waals surface area contributed by atoms with Gasteiger partial charge in [0.1, 0.15) is 5.02 Å². The number of carbonyl (C=O) groups excluding carboxylic acids is 1. The van der Waals surface area contributed by atoms with Crippen LogP contribution in [0.5, 0.6) is 0 Å². The van der Waals surface area contributed by atoms with Gasteiger partial charge in [0.05, 0.1) is 10.7 Å². The largest absolute Gasteiger partial charge is 0.293 e. The Hall–Kier alpha value is -2.71. The van der Waals surface area contributed by atoms with E-state index in [9.17, 15) is 14.9 Å². The molecule has 0 atom stereocenters. The number of halogens is 1. The Morgan fingerprint density at radius 3 is 2.52 bits per heavy atom. The predicted octanol–water partition coefficient (Wildman–Crippen LogP) is 5.31. The van der Waals surface area contributed by atoms with E-state index in [1.54, 1.807) is 0 Å². The number of aromatic nitrogens is 3. The van der Waals surface area contributed by atoms with Crippen molar-refractivity contribution >= 4 is 34.8 Å². The number of rotatable bonds is 6. The van der Waals surface area contributed by atoms with E-state index < -0.39 is 4.92 Å². The zero-order valence-electron chi connectivity index (χ0n) is 16.1. The molecule has 9 heteroatoms. The van der Waals surface area contributed by atoms with Gasteiger partial charge in [-0.05, 0) is 23.1 Å². The summed E-state index contributed by atoms with van der Waals surface area (Å²) in [5.41, 5.74) is 2.12. The van der Waals surface area contributed by atoms with E-state index >= 15 is 0 Å². The second-order valence-corrected chi connectivity index (χ2v) is 8.78. The SMILES string of the molecule is CC(C)(C)c1ccc(-c2nc(SCC(=O)c3ccc(Cl)c([N+](=O)[O-])c3)n[nH]2)cc1. The molecule has 0 bridgehead atoms. The molecule has 0 unspecified atom stereocenters. The Balaban J connectivity index is 1.67. The van der Waals surface area contributed by atoms with Crippen molar-refractivity contribution in [1.29, 1.82) is 0 Å². The van der Waals surface area contributed by atoms with Gasteiger partial charge in [-0.25, -0.2) is 4.98 Å². The van der Waals surface area contributed by atoms with Crippen LogP contribution >= 0.6 is 23.4 Å². The summed E-state index contributed by atoms with van der Waals surface area (Å²) in [5.74, 6) is 0.400. The van der Waals surface area contributed by atoms with Crippen LogP contribution in [0.15, 0.2) is 47.6 Å². The highest BCUT2D eigenvalue weighted by molar-refractivity contribution is 7.99.